The molecular formula is C9H11NO5. The van der Waals surface area contributed by atoms with Gasteiger partial charge in [0.15, 0.2) is 11.5 Å². The Kier molecular flexibility index (Phi) is 3.11. The van der Waals surface area contributed by atoms with Crippen LogP contribution >= 0.6 is 0 Å². The van der Waals surface area contributed by atoms with Gasteiger partial charge in [0, 0.05) is 0 Å². The van der Waals surface area contributed by atoms with Crippen molar-refractivity contribution in [1.29, 1.82) is 0 Å². The highest BCUT2D eigenvalue weighted by Gasteiger charge is 2.22. The summed E-state index contributed by atoms with van der Waals surface area (Å²) in [4.78, 5) is 10.0. The summed E-state index contributed by atoms with van der Waals surface area (Å²) in [6.45, 7) is -0.339. The summed E-state index contributed by atoms with van der Waals surface area (Å²) in [6, 6.07) is 2.67. The van der Waals surface area contributed by atoms with Crippen LogP contribution in [0.25, 0.3) is 0 Å². The summed E-state index contributed by atoms with van der Waals surface area (Å²) in [5.74, 6) is 0.772. The van der Waals surface area contributed by atoms with Gasteiger partial charge in [0.05, 0.1) is 23.2 Å². The first-order valence-corrected chi connectivity index (χ1v) is 3.90. The largest absolute Gasteiger partial charge is 0.454 e. The van der Waals surface area contributed by atoms with E-state index in [1.807, 2.05) is 0 Å². The molecule has 0 saturated carbocycles. The maximum Gasteiger partial charge on any atom is 0.278 e. The Hall–Kier alpha value is -1.82. The van der Waals surface area contributed by atoms with Crippen LogP contribution in [-0.2, 0) is 6.61 Å². The minimum atomic E-state index is -0.562. The molecule has 0 bridgehead atoms. The topological polar surface area (TPSA) is 81.8 Å². The lowest BCUT2D eigenvalue weighted by atomic mass is 10.1. The molecule has 1 aliphatic heterocycles. The third kappa shape index (κ3) is 1.84. The Balaban J connectivity index is 0.00000112. The van der Waals surface area contributed by atoms with E-state index in [9.17, 15) is 10.1 Å². The molecule has 1 aliphatic rings. The lowest BCUT2D eigenvalue weighted by molar-refractivity contribution is -0.385. The Bertz CT molecular complexity index is 390. The molecule has 1 aromatic rings. The van der Waals surface area contributed by atoms with Gasteiger partial charge in [0.2, 0.25) is 6.79 Å². The molecule has 0 unspecified atom stereocenters. The number of rotatable bonds is 2. The van der Waals surface area contributed by atoms with Gasteiger partial charge in [0.1, 0.15) is 0 Å². The number of aliphatic hydroxyl groups excluding tert-OH is 1. The Morgan fingerprint density at radius 1 is 1.40 bits per heavy atom. The summed E-state index contributed by atoms with van der Waals surface area (Å²) in [5.41, 5.74) is 0.0657. The van der Waals surface area contributed by atoms with E-state index in [0.717, 1.165) is 0 Å². The normalized spacial score (nSPS) is 12.1. The van der Waals surface area contributed by atoms with Gasteiger partial charge >= 0.3 is 0 Å². The third-order valence-corrected chi connectivity index (χ3v) is 1.94. The van der Waals surface area contributed by atoms with Crippen LogP contribution in [0.3, 0.4) is 0 Å². The van der Waals surface area contributed by atoms with Crippen LogP contribution in [0.4, 0.5) is 5.69 Å². The van der Waals surface area contributed by atoms with Crippen molar-refractivity contribution in [2.24, 2.45) is 0 Å². The van der Waals surface area contributed by atoms with E-state index >= 15 is 0 Å². The van der Waals surface area contributed by atoms with Crippen molar-refractivity contribution in [3.8, 4) is 11.5 Å². The summed E-state index contributed by atoms with van der Waals surface area (Å²) in [6.07, 6.45) is 0. The van der Waals surface area contributed by atoms with Crippen LogP contribution < -0.4 is 9.47 Å². The van der Waals surface area contributed by atoms with Crippen LogP contribution in [0.1, 0.15) is 13.0 Å². The van der Waals surface area contributed by atoms with Gasteiger partial charge < -0.3 is 14.6 Å². The Morgan fingerprint density at radius 3 is 2.53 bits per heavy atom. The molecule has 0 saturated heterocycles. The maximum atomic E-state index is 10.6. The van der Waals surface area contributed by atoms with Crippen molar-refractivity contribution < 1.29 is 19.5 Å². The quantitative estimate of drug-likeness (QED) is 0.594. The fourth-order valence-electron chi connectivity index (χ4n) is 1.27. The maximum absolute atomic E-state index is 10.6. The zero-order valence-corrected chi connectivity index (χ0v) is 7.10. The number of aliphatic hydroxyl groups is 1. The number of fused-ring (bicyclic) bond motifs is 1. The van der Waals surface area contributed by atoms with Crippen molar-refractivity contribution in [2.45, 2.75) is 14.0 Å². The third-order valence-electron chi connectivity index (χ3n) is 1.94. The highest BCUT2D eigenvalue weighted by atomic mass is 16.7. The SMILES string of the molecule is C.O=[N+]([O-])c1cc2c(cc1CO)OCO2. The van der Waals surface area contributed by atoms with Crippen LogP contribution in [0.15, 0.2) is 12.1 Å². The molecular weight excluding hydrogens is 202 g/mol. The molecule has 15 heavy (non-hydrogen) atoms. The van der Waals surface area contributed by atoms with Crippen LogP contribution in [0.5, 0.6) is 11.5 Å². The average Bonchev–Trinajstić information content (AvgIpc) is 2.62. The molecule has 1 heterocycles. The molecule has 2 rings (SSSR count). The standard InChI is InChI=1S/C8H7NO5.CH4/c10-3-5-1-7-8(14-4-13-7)2-6(5)9(11)12;/h1-2,10H,3-4H2;1H4. The van der Waals surface area contributed by atoms with Crippen LogP contribution in [0.2, 0.25) is 0 Å². The minimum Gasteiger partial charge on any atom is -0.454 e. The summed E-state index contributed by atoms with van der Waals surface area (Å²) in [7, 11) is 0. The number of hydrogen-bond acceptors (Lipinski definition) is 5. The lowest BCUT2D eigenvalue weighted by Gasteiger charge is -2.01. The van der Waals surface area contributed by atoms with Crippen LogP contribution in [-0.4, -0.2) is 16.8 Å². The van der Waals surface area contributed by atoms with E-state index in [2.05, 4.69) is 0 Å². The molecule has 6 heteroatoms. The van der Waals surface area contributed by atoms with Gasteiger partial charge in [-0.2, -0.15) is 0 Å². The molecule has 0 atom stereocenters. The first-order valence-electron chi connectivity index (χ1n) is 3.90. The van der Waals surface area contributed by atoms with E-state index in [-0.39, 0.29) is 25.5 Å². The fourth-order valence-corrected chi connectivity index (χ4v) is 1.27. The molecule has 0 spiro atoms. The number of nitro benzene ring substituents is 1. The van der Waals surface area contributed by atoms with E-state index in [1.165, 1.54) is 12.1 Å². The molecule has 1 aromatic carbocycles. The molecule has 0 radical (unpaired) electrons. The van der Waals surface area contributed by atoms with E-state index in [1.54, 1.807) is 0 Å². The average molecular weight is 213 g/mol. The highest BCUT2D eigenvalue weighted by molar-refractivity contribution is 5.54. The second kappa shape index (κ2) is 4.14. The summed E-state index contributed by atoms with van der Waals surface area (Å²) >= 11 is 0. The number of nitro groups is 1. The molecule has 0 amide bonds. The van der Waals surface area contributed by atoms with Crippen molar-refractivity contribution >= 4 is 5.69 Å². The second-order valence-electron chi connectivity index (χ2n) is 2.75. The number of hydrogen-bond donors (Lipinski definition) is 1. The highest BCUT2D eigenvalue weighted by Crippen LogP contribution is 2.37. The van der Waals surface area contributed by atoms with Gasteiger partial charge in [-0.05, 0) is 6.07 Å². The minimum absolute atomic E-state index is 0. The predicted molar refractivity (Wildman–Crippen MR) is 51.9 cm³/mol. The zero-order valence-electron chi connectivity index (χ0n) is 7.10. The first-order chi connectivity index (χ1) is 6.72. The molecule has 6 nitrogen and oxygen atoms in total. The Labute approximate surface area is 86.2 Å². The van der Waals surface area contributed by atoms with Crippen LogP contribution in [0, 0.1) is 10.1 Å². The number of benzene rings is 1. The number of ether oxygens (including phenoxy) is 2. The van der Waals surface area contributed by atoms with E-state index < -0.39 is 11.5 Å². The molecule has 82 valence electrons. The van der Waals surface area contributed by atoms with Crippen molar-refractivity contribution in [2.75, 3.05) is 6.79 Å². The predicted octanol–water partition coefficient (Wildman–Crippen LogP) is 1.45. The van der Waals surface area contributed by atoms with Gasteiger partial charge in [-0.3, -0.25) is 10.1 Å². The van der Waals surface area contributed by atoms with E-state index in [4.69, 9.17) is 14.6 Å². The molecule has 0 aliphatic carbocycles. The molecule has 0 fully saturated rings. The van der Waals surface area contributed by atoms with Gasteiger partial charge in [-0.25, -0.2) is 0 Å². The molecule has 0 aromatic heterocycles. The monoisotopic (exact) mass is 213 g/mol. The van der Waals surface area contributed by atoms with Gasteiger partial charge in [-0.1, -0.05) is 7.43 Å². The fraction of sp³-hybridized carbons (Fsp3) is 0.333. The number of nitrogens with zero attached hydrogens (tertiary/aromatic N) is 1. The first kappa shape index (κ1) is 11.3. The lowest BCUT2D eigenvalue weighted by Crippen LogP contribution is -1.95. The van der Waals surface area contributed by atoms with Crippen molar-refractivity contribution in [1.82, 2.24) is 0 Å². The summed E-state index contributed by atoms with van der Waals surface area (Å²) in [5, 5.41) is 19.5. The van der Waals surface area contributed by atoms with Crippen molar-refractivity contribution in [3.63, 3.8) is 0 Å². The summed E-state index contributed by atoms with van der Waals surface area (Å²) < 4.78 is 10.0. The smallest absolute Gasteiger partial charge is 0.278 e. The van der Waals surface area contributed by atoms with Crippen molar-refractivity contribution in [3.05, 3.63) is 27.8 Å². The Morgan fingerprint density at radius 2 is 2.00 bits per heavy atom. The van der Waals surface area contributed by atoms with E-state index in [0.29, 0.717) is 11.5 Å². The zero-order chi connectivity index (χ0) is 10.1. The van der Waals surface area contributed by atoms with Gasteiger partial charge in [-0.15, -0.1) is 0 Å². The van der Waals surface area contributed by atoms with Gasteiger partial charge in [0.25, 0.3) is 5.69 Å². The second-order valence-corrected chi connectivity index (χ2v) is 2.75. The molecule has 1 N–H and O–H groups in total.